The Morgan fingerprint density at radius 1 is 1.22 bits per heavy atom. The van der Waals surface area contributed by atoms with Gasteiger partial charge >= 0.3 is 0 Å². The van der Waals surface area contributed by atoms with Gasteiger partial charge in [0.1, 0.15) is 11.5 Å². The second-order valence-electron chi connectivity index (χ2n) is 6.53. The summed E-state index contributed by atoms with van der Waals surface area (Å²) in [4.78, 5) is 2.42. The van der Waals surface area contributed by atoms with E-state index in [-0.39, 0.29) is 12.0 Å². The Balaban J connectivity index is 1.79. The Hall–Kier alpha value is -1.27. The second kappa shape index (κ2) is 6.69. The van der Waals surface area contributed by atoms with Crippen LogP contribution in [-0.2, 0) is 9.84 Å². The van der Waals surface area contributed by atoms with Gasteiger partial charge in [-0.1, -0.05) is 0 Å². The standard InChI is InChI=1S/C17H25NO4S/c1-21-14-5-6-17(22-2)15(10-14)16-4-3-8-18(16)11-13-7-9-23(19,20)12-13/h5-6,10,13,16H,3-4,7-9,11-12H2,1-2H3/t13-,16-/m0/s1. The first-order valence-corrected chi connectivity index (χ1v) is 10.0. The summed E-state index contributed by atoms with van der Waals surface area (Å²) >= 11 is 0. The lowest BCUT2D eigenvalue weighted by Gasteiger charge is -2.28. The first kappa shape index (κ1) is 16.6. The van der Waals surface area contributed by atoms with E-state index in [0.29, 0.717) is 11.5 Å². The van der Waals surface area contributed by atoms with Crippen LogP contribution in [-0.4, -0.2) is 52.1 Å². The number of likely N-dealkylation sites (tertiary alicyclic amines) is 1. The highest BCUT2D eigenvalue weighted by molar-refractivity contribution is 7.91. The highest BCUT2D eigenvalue weighted by atomic mass is 32.2. The second-order valence-corrected chi connectivity index (χ2v) is 8.76. The van der Waals surface area contributed by atoms with Gasteiger partial charge in [0.05, 0.1) is 25.7 Å². The molecule has 23 heavy (non-hydrogen) atoms. The Morgan fingerprint density at radius 2 is 2.04 bits per heavy atom. The van der Waals surface area contributed by atoms with E-state index in [1.807, 2.05) is 18.2 Å². The van der Waals surface area contributed by atoms with Crippen LogP contribution >= 0.6 is 0 Å². The first-order chi connectivity index (χ1) is 11.0. The third-order valence-corrected chi connectivity index (χ3v) is 6.82. The molecule has 0 radical (unpaired) electrons. The quantitative estimate of drug-likeness (QED) is 0.824. The predicted molar refractivity (Wildman–Crippen MR) is 89.9 cm³/mol. The molecule has 0 unspecified atom stereocenters. The number of ether oxygens (including phenoxy) is 2. The average molecular weight is 339 g/mol. The minimum atomic E-state index is -2.81. The summed E-state index contributed by atoms with van der Waals surface area (Å²) in [5.41, 5.74) is 1.14. The molecule has 2 aliphatic rings. The summed E-state index contributed by atoms with van der Waals surface area (Å²) in [6, 6.07) is 6.19. The van der Waals surface area contributed by atoms with Gasteiger partial charge in [-0.25, -0.2) is 8.42 Å². The number of nitrogens with zero attached hydrogens (tertiary/aromatic N) is 1. The summed E-state index contributed by atoms with van der Waals surface area (Å²) < 4.78 is 34.3. The molecule has 0 bridgehead atoms. The smallest absolute Gasteiger partial charge is 0.150 e. The van der Waals surface area contributed by atoms with Gasteiger partial charge in [0.15, 0.2) is 9.84 Å². The van der Waals surface area contributed by atoms with Crippen LogP contribution in [0.25, 0.3) is 0 Å². The zero-order valence-corrected chi connectivity index (χ0v) is 14.6. The summed E-state index contributed by atoms with van der Waals surface area (Å²) in [6.45, 7) is 1.87. The molecule has 1 aromatic rings. The molecule has 0 spiro atoms. The highest BCUT2D eigenvalue weighted by Gasteiger charge is 2.34. The Bertz CT molecular complexity index is 659. The van der Waals surface area contributed by atoms with Crippen LogP contribution in [0.2, 0.25) is 0 Å². The molecule has 6 heteroatoms. The Labute approximate surface area is 138 Å². The van der Waals surface area contributed by atoms with Gasteiger partial charge in [-0.15, -0.1) is 0 Å². The molecule has 2 aliphatic heterocycles. The summed E-state index contributed by atoms with van der Waals surface area (Å²) in [5, 5.41) is 0. The molecule has 2 fully saturated rings. The molecule has 3 rings (SSSR count). The van der Waals surface area contributed by atoms with Gasteiger partial charge in [0.25, 0.3) is 0 Å². The molecule has 0 N–H and O–H groups in total. The zero-order chi connectivity index (χ0) is 16.4. The SMILES string of the molecule is COc1ccc(OC)c([C@@H]2CCCN2C[C@@H]2CCS(=O)(=O)C2)c1. The van der Waals surface area contributed by atoms with E-state index in [2.05, 4.69) is 4.90 Å². The molecule has 2 heterocycles. The Morgan fingerprint density at radius 3 is 2.70 bits per heavy atom. The topological polar surface area (TPSA) is 55.8 Å². The summed E-state index contributed by atoms with van der Waals surface area (Å²) in [6.07, 6.45) is 2.99. The van der Waals surface area contributed by atoms with E-state index in [9.17, 15) is 8.42 Å². The first-order valence-electron chi connectivity index (χ1n) is 8.19. The van der Waals surface area contributed by atoms with E-state index in [1.54, 1.807) is 14.2 Å². The number of rotatable bonds is 5. The van der Waals surface area contributed by atoms with Gasteiger partial charge in [0, 0.05) is 18.2 Å². The fraction of sp³-hybridized carbons (Fsp3) is 0.647. The van der Waals surface area contributed by atoms with Crippen molar-refractivity contribution in [1.82, 2.24) is 4.90 Å². The van der Waals surface area contributed by atoms with Crippen molar-refractivity contribution in [3.05, 3.63) is 23.8 Å². The summed E-state index contributed by atoms with van der Waals surface area (Å²) in [5.74, 6) is 2.65. The van der Waals surface area contributed by atoms with Gasteiger partial charge in [0.2, 0.25) is 0 Å². The fourth-order valence-electron chi connectivity index (χ4n) is 3.84. The number of methoxy groups -OCH3 is 2. The zero-order valence-electron chi connectivity index (χ0n) is 13.8. The largest absolute Gasteiger partial charge is 0.497 e. The van der Waals surface area contributed by atoms with Crippen molar-refractivity contribution in [3.63, 3.8) is 0 Å². The Kier molecular flexibility index (Phi) is 4.82. The van der Waals surface area contributed by atoms with Crippen molar-refractivity contribution in [3.8, 4) is 11.5 Å². The van der Waals surface area contributed by atoms with Gasteiger partial charge in [-0.05, 0) is 49.9 Å². The van der Waals surface area contributed by atoms with Crippen molar-refractivity contribution in [2.75, 3.05) is 38.8 Å². The molecule has 0 amide bonds. The van der Waals surface area contributed by atoms with Crippen LogP contribution in [0.4, 0.5) is 0 Å². The molecule has 5 nitrogen and oxygen atoms in total. The van der Waals surface area contributed by atoms with Crippen molar-refractivity contribution in [1.29, 1.82) is 0 Å². The molecule has 0 aromatic heterocycles. The van der Waals surface area contributed by atoms with Crippen LogP contribution in [0.3, 0.4) is 0 Å². The third kappa shape index (κ3) is 3.63. The summed E-state index contributed by atoms with van der Waals surface area (Å²) in [7, 11) is 0.543. The molecular weight excluding hydrogens is 314 g/mol. The van der Waals surface area contributed by atoms with Crippen LogP contribution in [0, 0.1) is 5.92 Å². The van der Waals surface area contributed by atoms with Crippen LogP contribution < -0.4 is 9.47 Å². The fourth-order valence-corrected chi connectivity index (χ4v) is 5.69. The lowest BCUT2D eigenvalue weighted by molar-refractivity contribution is 0.220. The maximum Gasteiger partial charge on any atom is 0.150 e. The monoisotopic (exact) mass is 339 g/mol. The number of hydrogen-bond donors (Lipinski definition) is 0. The number of sulfone groups is 1. The van der Waals surface area contributed by atoms with Crippen LogP contribution in [0.5, 0.6) is 11.5 Å². The van der Waals surface area contributed by atoms with Crippen LogP contribution in [0.1, 0.15) is 30.9 Å². The lowest BCUT2D eigenvalue weighted by atomic mass is 10.0. The molecule has 0 aliphatic carbocycles. The predicted octanol–water partition coefficient (Wildman–Crippen LogP) is 2.28. The molecule has 2 atom stereocenters. The van der Waals surface area contributed by atoms with E-state index < -0.39 is 9.84 Å². The maximum absolute atomic E-state index is 11.7. The lowest BCUT2D eigenvalue weighted by Crippen LogP contribution is -2.30. The molecule has 128 valence electrons. The van der Waals surface area contributed by atoms with Gasteiger partial charge in [-0.3, -0.25) is 4.90 Å². The van der Waals surface area contributed by atoms with E-state index in [1.165, 1.54) is 0 Å². The van der Waals surface area contributed by atoms with Crippen LogP contribution in [0.15, 0.2) is 18.2 Å². The van der Waals surface area contributed by atoms with E-state index in [4.69, 9.17) is 9.47 Å². The van der Waals surface area contributed by atoms with Crippen molar-refractivity contribution >= 4 is 9.84 Å². The normalized spacial score (nSPS) is 27.2. The minimum Gasteiger partial charge on any atom is -0.497 e. The maximum atomic E-state index is 11.7. The van der Waals surface area contributed by atoms with Crippen molar-refractivity contribution in [2.24, 2.45) is 5.92 Å². The minimum absolute atomic E-state index is 0.261. The van der Waals surface area contributed by atoms with Crippen molar-refractivity contribution in [2.45, 2.75) is 25.3 Å². The molecule has 2 saturated heterocycles. The average Bonchev–Trinajstić information content (AvgIpc) is 3.13. The highest BCUT2D eigenvalue weighted by Crippen LogP contribution is 2.39. The molecular formula is C17H25NO4S. The molecule has 1 aromatic carbocycles. The number of hydrogen-bond acceptors (Lipinski definition) is 5. The third-order valence-electron chi connectivity index (χ3n) is 4.98. The van der Waals surface area contributed by atoms with Crippen molar-refractivity contribution < 1.29 is 17.9 Å². The van der Waals surface area contributed by atoms with E-state index in [0.717, 1.165) is 49.4 Å². The van der Waals surface area contributed by atoms with Gasteiger partial charge < -0.3 is 9.47 Å². The van der Waals surface area contributed by atoms with Gasteiger partial charge in [-0.2, -0.15) is 0 Å². The molecule has 0 saturated carbocycles. The number of benzene rings is 1. The van der Waals surface area contributed by atoms with E-state index >= 15 is 0 Å².